The Hall–Kier alpha value is -3.69. The molecule has 32 heavy (non-hydrogen) atoms. The molecule has 2 aromatic rings. The number of hydrogen-bond acceptors (Lipinski definition) is 5. The zero-order valence-electron chi connectivity index (χ0n) is 17.1. The molecule has 2 aromatic carbocycles. The fourth-order valence-electron chi connectivity index (χ4n) is 2.89. The summed E-state index contributed by atoms with van der Waals surface area (Å²) in [5.74, 6) is -0.0267. The second-order valence-electron chi connectivity index (χ2n) is 6.71. The van der Waals surface area contributed by atoms with Gasteiger partial charge in [-0.15, -0.1) is 13.2 Å². The van der Waals surface area contributed by atoms with Gasteiger partial charge in [-0.2, -0.15) is 0 Å². The van der Waals surface area contributed by atoms with Crippen molar-refractivity contribution in [2.24, 2.45) is 0 Å². The summed E-state index contributed by atoms with van der Waals surface area (Å²) in [5, 5.41) is 2.71. The molecule has 2 amide bonds. The van der Waals surface area contributed by atoms with Crippen LogP contribution in [0.4, 0.5) is 18.9 Å². The van der Waals surface area contributed by atoms with Crippen LogP contribution in [0.15, 0.2) is 48.5 Å². The summed E-state index contributed by atoms with van der Waals surface area (Å²) in [7, 11) is 0. The van der Waals surface area contributed by atoms with E-state index < -0.39 is 12.3 Å². The third kappa shape index (κ3) is 6.66. The van der Waals surface area contributed by atoms with Crippen molar-refractivity contribution in [1.29, 1.82) is 0 Å². The van der Waals surface area contributed by atoms with Crippen molar-refractivity contribution in [3.63, 3.8) is 0 Å². The second-order valence-corrected chi connectivity index (χ2v) is 6.71. The number of nitrogens with one attached hydrogen (secondary N) is 1. The first-order chi connectivity index (χ1) is 15.2. The van der Waals surface area contributed by atoms with Crippen LogP contribution in [0.1, 0.15) is 12.5 Å². The molecule has 1 heterocycles. The fourth-order valence-corrected chi connectivity index (χ4v) is 2.89. The summed E-state index contributed by atoms with van der Waals surface area (Å²) in [6, 6.07) is 10.1. The molecule has 0 aliphatic carbocycles. The number of hydrogen-bond donors (Lipinski definition) is 1. The zero-order valence-corrected chi connectivity index (χ0v) is 17.1. The summed E-state index contributed by atoms with van der Waals surface area (Å²) < 4.78 is 51.3. The Labute approximate surface area is 182 Å². The molecule has 1 aliphatic rings. The van der Waals surface area contributed by atoms with Crippen LogP contribution in [0.3, 0.4) is 0 Å². The molecule has 7 nitrogen and oxygen atoms in total. The van der Waals surface area contributed by atoms with E-state index in [1.54, 1.807) is 25.1 Å². The van der Waals surface area contributed by atoms with Crippen molar-refractivity contribution in [2.45, 2.75) is 13.3 Å². The molecule has 0 fully saturated rings. The third-order valence-electron chi connectivity index (χ3n) is 4.39. The van der Waals surface area contributed by atoms with Crippen molar-refractivity contribution >= 4 is 23.6 Å². The van der Waals surface area contributed by atoms with E-state index in [0.29, 0.717) is 36.0 Å². The molecule has 0 bridgehead atoms. The topological polar surface area (TPSA) is 77.1 Å². The number of alkyl halides is 3. The molecule has 0 atom stereocenters. The summed E-state index contributed by atoms with van der Waals surface area (Å²) in [6.07, 6.45) is -2.07. The van der Waals surface area contributed by atoms with E-state index in [9.17, 15) is 22.8 Å². The van der Waals surface area contributed by atoms with Crippen LogP contribution < -0.4 is 19.5 Å². The number of ether oxygens (including phenoxy) is 3. The van der Waals surface area contributed by atoms with Gasteiger partial charge in [-0.05, 0) is 42.8 Å². The van der Waals surface area contributed by atoms with Crippen molar-refractivity contribution < 1.29 is 37.0 Å². The number of anilines is 1. The van der Waals surface area contributed by atoms with Crippen molar-refractivity contribution in [3.05, 3.63) is 54.1 Å². The standard InChI is InChI=1S/C22H21F3N2O5/c1-2-27(14-20(28)26-16-6-9-18-19(13-16)31-12-11-30-18)21(29)10-5-15-3-7-17(8-4-15)32-22(23,24)25/h3-10,13H,2,11-12,14H2,1H3,(H,26,28)/b10-5+. The molecule has 0 saturated heterocycles. The van der Waals surface area contributed by atoms with E-state index in [4.69, 9.17) is 9.47 Å². The van der Waals surface area contributed by atoms with Crippen LogP contribution in [0.5, 0.6) is 17.2 Å². The Bertz CT molecular complexity index is 990. The van der Waals surface area contributed by atoms with E-state index in [2.05, 4.69) is 10.1 Å². The van der Waals surface area contributed by atoms with E-state index in [-0.39, 0.29) is 24.7 Å². The Kier molecular flexibility index (Phi) is 7.24. The minimum Gasteiger partial charge on any atom is -0.486 e. The Balaban J connectivity index is 1.55. The predicted molar refractivity (Wildman–Crippen MR) is 110 cm³/mol. The molecule has 0 spiro atoms. The minimum atomic E-state index is -4.77. The van der Waals surface area contributed by atoms with Crippen LogP contribution in [0.25, 0.3) is 6.08 Å². The minimum absolute atomic E-state index is 0.174. The number of likely N-dealkylation sites (N-methyl/N-ethyl adjacent to an activating group) is 1. The number of fused-ring (bicyclic) bond motifs is 1. The van der Waals surface area contributed by atoms with Gasteiger partial charge in [0.05, 0.1) is 0 Å². The van der Waals surface area contributed by atoms with Crippen molar-refractivity contribution in [2.75, 3.05) is 31.6 Å². The van der Waals surface area contributed by atoms with E-state index in [1.165, 1.54) is 29.2 Å². The van der Waals surface area contributed by atoms with Crippen LogP contribution in [-0.2, 0) is 9.59 Å². The molecule has 1 aliphatic heterocycles. The average Bonchev–Trinajstić information content (AvgIpc) is 2.75. The van der Waals surface area contributed by atoms with Crippen LogP contribution in [-0.4, -0.2) is 49.4 Å². The Morgan fingerprint density at radius 1 is 1.09 bits per heavy atom. The second kappa shape index (κ2) is 10.1. The van der Waals surface area contributed by atoms with Gasteiger partial charge >= 0.3 is 6.36 Å². The van der Waals surface area contributed by atoms with Gasteiger partial charge in [-0.1, -0.05) is 12.1 Å². The highest BCUT2D eigenvalue weighted by molar-refractivity contribution is 5.98. The van der Waals surface area contributed by atoms with Gasteiger partial charge in [0.2, 0.25) is 11.8 Å². The third-order valence-corrected chi connectivity index (χ3v) is 4.39. The van der Waals surface area contributed by atoms with Crippen molar-refractivity contribution in [1.82, 2.24) is 4.90 Å². The number of amides is 2. The van der Waals surface area contributed by atoms with Gasteiger partial charge in [-0.3, -0.25) is 9.59 Å². The van der Waals surface area contributed by atoms with Crippen LogP contribution in [0, 0.1) is 0 Å². The highest BCUT2D eigenvalue weighted by atomic mass is 19.4. The SMILES string of the molecule is CCN(CC(=O)Nc1ccc2c(c1)OCCO2)C(=O)/C=C/c1ccc(OC(F)(F)F)cc1. The highest BCUT2D eigenvalue weighted by Gasteiger charge is 2.30. The first kappa shape index (κ1) is 23.0. The number of nitrogens with zero attached hydrogens (tertiary/aromatic N) is 1. The molecule has 0 radical (unpaired) electrons. The monoisotopic (exact) mass is 450 g/mol. The maximum atomic E-state index is 12.4. The van der Waals surface area contributed by atoms with Gasteiger partial charge in [0, 0.05) is 24.4 Å². The first-order valence-electron chi connectivity index (χ1n) is 9.76. The quantitative estimate of drug-likeness (QED) is 0.649. The summed E-state index contributed by atoms with van der Waals surface area (Å²) in [6.45, 7) is 2.73. The summed E-state index contributed by atoms with van der Waals surface area (Å²) in [4.78, 5) is 26.1. The molecule has 3 rings (SSSR count). The average molecular weight is 450 g/mol. The van der Waals surface area contributed by atoms with Crippen LogP contribution >= 0.6 is 0 Å². The lowest BCUT2D eigenvalue weighted by molar-refractivity contribution is -0.274. The number of rotatable bonds is 7. The molecular formula is C22H21F3N2O5. The van der Waals surface area contributed by atoms with Gasteiger partial charge in [0.25, 0.3) is 0 Å². The highest BCUT2D eigenvalue weighted by Crippen LogP contribution is 2.32. The molecule has 0 saturated carbocycles. The maximum Gasteiger partial charge on any atom is 0.573 e. The number of halogens is 3. The fraction of sp³-hybridized carbons (Fsp3) is 0.273. The van der Waals surface area contributed by atoms with E-state index in [1.807, 2.05) is 0 Å². The van der Waals surface area contributed by atoms with Gasteiger partial charge in [-0.25, -0.2) is 0 Å². The Morgan fingerprint density at radius 3 is 2.44 bits per heavy atom. The molecular weight excluding hydrogens is 429 g/mol. The first-order valence-corrected chi connectivity index (χ1v) is 9.76. The van der Waals surface area contributed by atoms with E-state index in [0.717, 1.165) is 12.1 Å². The van der Waals surface area contributed by atoms with E-state index >= 15 is 0 Å². The lowest BCUT2D eigenvalue weighted by Gasteiger charge is -2.20. The number of carbonyl (C=O) groups excluding carboxylic acids is 2. The largest absolute Gasteiger partial charge is 0.573 e. The molecule has 0 unspecified atom stereocenters. The smallest absolute Gasteiger partial charge is 0.486 e. The lowest BCUT2D eigenvalue weighted by atomic mass is 10.2. The molecule has 170 valence electrons. The van der Waals surface area contributed by atoms with Crippen LogP contribution in [0.2, 0.25) is 0 Å². The normalized spacial score (nSPS) is 13.0. The molecule has 0 aromatic heterocycles. The summed E-state index contributed by atoms with van der Waals surface area (Å²) >= 11 is 0. The Morgan fingerprint density at radius 2 is 1.78 bits per heavy atom. The summed E-state index contributed by atoms with van der Waals surface area (Å²) in [5.41, 5.74) is 1.02. The predicted octanol–water partition coefficient (Wildman–Crippen LogP) is 3.86. The van der Waals surface area contributed by atoms with Crippen molar-refractivity contribution in [3.8, 4) is 17.2 Å². The molecule has 10 heteroatoms. The lowest BCUT2D eigenvalue weighted by Crippen LogP contribution is -2.36. The molecule has 1 N–H and O–H groups in total. The maximum absolute atomic E-state index is 12.4. The van der Waals surface area contributed by atoms with Gasteiger partial charge in [0.15, 0.2) is 11.5 Å². The van der Waals surface area contributed by atoms with Gasteiger partial charge in [0.1, 0.15) is 25.5 Å². The number of carbonyl (C=O) groups is 2. The number of benzene rings is 2. The van der Waals surface area contributed by atoms with Gasteiger partial charge < -0.3 is 24.4 Å². The zero-order chi connectivity index (χ0) is 23.1.